The number of alkyl carbamates (subject to hydrolysis) is 1. The zero-order chi connectivity index (χ0) is 14.3. The largest absolute Gasteiger partial charge is 0.478 e. The number of aryl methyl sites for hydroxylation is 1. The van der Waals surface area contributed by atoms with Gasteiger partial charge in [0.05, 0.1) is 23.5 Å². The van der Waals surface area contributed by atoms with Crippen LogP contribution in [-0.2, 0) is 17.7 Å². The molecular formula is C13H16N2O4. The van der Waals surface area contributed by atoms with Gasteiger partial charge >= 0.3 is 12.1 Å². The topological polar surface area (TPSA) is 88.5 Å². The number of hydrogen-bond donors (Lipinski definition) is 2. The van der Waals surface area contributed by atoms with Crippen molar-refractivity contribution in [2.45, 2.75) is 19.9 Å². The van der Waals surface area contributed by atoms with Crippen molar-refractivity contribution in [1.29, 1.82) is 0 Å². The lowest BCUT2D eigenvalue weighted by molar-refractivity contribution is 0.0695. The first kappa shape index (κ1) is 14.7. The third kappa shape index (κ3) is 4.42. The number of hydrogen-bond acceptors (Lipinski definition) is 4. The average molecular weight is 264 g/mol. The summed E-state index contributed by atoms with van der Waals surface area (Å²) in [6.45, 7) is 5.57. The molecule has 1 heterocycles. The molecule has 0 unspecified atom stereocenters. The molecule has 0 aliphatic rings. The number of carbonyl (C=O) groups excluding carboxylic acids is 1. The summed E-state index contributed by atoms with van der Waals surface area (Å²) in [6, 6.07) is 3.05. The number of nitrogens with zero attached hydrogens (tertiary/aromatic N) is 1. The van der Waals surface area contributed by atoms with Gasteiger partial charge in [-0.3, -0.25) is 4.98 Å². The Morgan fingerprint density at radius 1 is 1.53 bits per heavy atom. The van der Waals surface area contributed by atoms with Gasteiger partial charge in [0.1, 0.15) is 6.61 Å². The van der Waals surface area contributed by atoms with E-state index in [2.05, 4.69) is 16.9 Å². The summed E-state index contributed by atoms with van der Waals surface area (Å²) in [5, 5.41) is 11.5. The van der Waals surface area contributed by atoms with Crippen molar-refractivity contribution in [1.82, 2.24) is 10.3 Å². The number of ether oxygens (including phenoxy) is 1. The molecule has 0 atom stereocenters. The third-order valence-electron chi connectivity index (χ3n) is 2.34. The van der Waals surface area contributed by atoms with Crippen LogP contribution in [0.4, 0.5) is 4.79 Å². The average Bonchev–Trinajstić information content (AvgIpc) is 2.42. The number of carbonyl (C=O) groups is 2. The number of aromatic nitrogens is 1. The zero-order valence-electron chi connectivity index (χ0n) is 10.7. The van der Waals surface area contributed by atoms with Gasteiger partial charge in [0.25, 0.3) is 0 Å². The Hall–Kier alpha value is -2.37. The fourth-order valence-corrected chi connectivity index (χ4v) is 1.46. The lowest BCUT2D eigenvalue weighted by Gasteiger charge is -2.08. The first-order valence-corrected chi connectivity index (χ1v) is 5.82. The van der Waals surface area contributed by atoms with E-state index in [0.717, 1.165) is 0 Å². The van der Waals surface area contributed by atoms with Crippen LogP contribution in [-0.4, -0.2) is 28.8 Å². The first-order valence-electron chi connectivity index (χ1n) is 5.82. The SMILES string of the molecule is C=CCOC(=O)NCc1ccc(C(=O)O)c(CC)n1. The molecule has 0 saturated heterocycles. The van der Waals surface area contributed by atoms with Crippen molar-refractivity contribution in [3.63, 3.8) is 0 Å². The Morgan fingerprint density at radius 2 is 2.26 bits per heavy atom. The third-order valence-corrected chi connectivity index (χ3v) is 2.34. The summed E-state index contributed by atoms with van der Waals surface area (Å²) in [6.07, 6.45) is 1.41. The lowest BCUT2D eigenvalue weighted by atomic mass is 10.1. The van der Waals surface area contributed by atoms with Crippen LogP contribution in [0.15, 0.2) is 24.8 Å². The van der Waals surface area contributed by atoms with Crippen LogP contribution in [0.25, 0.3) is 0 Å². The number of amides is 1. The molecule has 1 aromatic rings. The number of pyridine rings is 1. The molecule has 0 aromatic carbocycles. The fourth-order valence-electron chi connectivity index (χ4n) is 1.46. The van der Waals surface area contributed by atoms with E-state index < -0.39 is 12.1 Å². The minimum absolute atomic E-state index is 0.136. The zero-order valence-corrected chi connectivity index (χ0v) is 10.7. The molecule has 6 heteroatoms. The van der Waals surface area contributed by atoms with Gasteiger partial charge in [0.2, 0.25) is 0 Å². The molecule has 0 fully saturated rings. The van der Waals surface area contributed by atoms with Crippen molar-refractivity contribution >= 4 is 12.1 Å². The molecule has 0 spiro atoms. The van der Waals surface area contributed by atoms with E-state index in [0.29, 0.717) is 17.8 Å². The quantitative estimate of drug-likeness (QED) is 0.764. The van der Waals surface area contributed by atoms with E-state index in [4.69, 9.17) is 9.84 Å². The maximum absolute atomic E-state index is 11.2. The maximum atomic E-state index is 11.2. The van der Waals surface area contributed by atoms with E-state index in [1.807, 2.05) is 6.92 Å². The summed E-state index contributed by atoms with van der Waals surface area (Å²) in [5.41, 5.74) is 1.25. The Balaban J connectivity index is 2.67. The molecule has 0 aliphatic carbocycles. The number of rotatable bonds is 6. The van der Waals surface area contributed by atoms with Gasteiger partial charge in [-0.1, -0.05) is 19.6 Å². The van der Waals surface area contributed by atoms with Gasteiger partial charge < -0.3 is 15.2 Å². The second-order valence-corrected chi connectivity index (χ2v) is 3.70. The molecule has 0 saturated carbocycles. The van der Waals surface area contributed by atoms with Gasteiger partial charge in [0.15, 0.2) is 0 Å². The summed E-state index contributed by atoms with van der Waals surface area (Å²) >= 11 is 0. The summed E-state index contributed by atoms with van der Waals surface area (Å²) in [7, 11) is 0. The molecule has 1 amide bonds. The number of nitrogens with one attached hydrogen (secondary N) is 1. The van der Waals surface area contributed by atoms with Crippen LogP contribution < -0.4 is 5.32 Å². The van der Waals surface area contributed by atoms with Crippen molar-refractivity contribution in [3.05, 3.63) is 41.7 Å². The van der Waals surface area contributed by atoms with Crippen LogP contribution in [0.2, 0.25) is 0 Å². The van der Waals surface area contributed by atoms with Gasteiger partial charge in [-0.05, 0) is 18.6 Å². The van der Waals surface area contributed by atoms with Gasteiger partial charge in [-0.15, -0.1) is 0 Å². The van der Waals surface area contributed by atoms with Crippen molar-refractivity contribution in [2.24, 2.45) is 0 Å². The summed E-state index contributed by atoms with van der Waals surface area (Å²) < 4.78 is 4.74. The van der Waals surface area contributed by atoms with Gasteiger partial charge in [-0.2, -0.15) is 0 Å². The van der Waals surface area contributed by atoms with Gasteiger partial charge in [0, 0.05) is 0 Å². The van der Waals surface area contributed by atoms with Crippen LogP contribution >= 0.6 is 0 Å². The summed E-state index contributed by atoms with van der Waals surface area (Å²) in [4.78, 5) is 26.3. The highest BCUT2D eigenvalue weighted by atomic mass is 16.5. The molecule has 6 nitrogen and oxygen atoms in total. The van der Waals surface area contributed by atoms with E-state index >= 15 is 0 Å². The van der Waals surface area contributed by atoms with Crippen LogP contribution in [0, 0.1) is 0 Å². The van der Waals surface area contributed by atoms with E-state index in [1.165, 1.54) is 12.1 Å². The molecule has 0 aliphatic heterocycles. The minimum Gasteiger partial charge on any atom is -0.478 e. The maximum Gasteiger partial charge on any atom is 0.407 e. The molecule has 0 radical (unpaired) electrons. The Morgan fingerprint density at radius 3 is 2.84 bits per heavy atom. The highest BCUT2D eigenvalue weighted by Gasteiger charge is 2.11. The highest BCUT2D eigenvalue weighted by Crippen LogP contribution is 2.09. The van der Waals surface area contributed by atoms with Crippen molar-refractivity contribution in [2.75, 3.05) is 6.61 Å². The normalized spacial score (nSPS) is 9.74. The van der Waals surface area contributed by atoms with Crippen LogP contribution in [0.5, 0.6) is 0 Å². The Kier molecular flexibility index (Phi) is 5.53. The molecule has 0 bridgehead atoms. The monoisotopic (exact) mass is 264 g/mol. The van der Waals surface area contributed by atoms with Crippen molar-refractivity contribution in [3.8, 4) is 0 Å². The predicted molar refractivity (Wildman–Crippen MR) is 69.0 cm³/mol. The molecule has 102 valence electrons. The van der Waals surface area contributed by atoms with E-state index in [9.17, 15) is 9.59 Å². The lowest BCUT2D eigenvalue weighted by Crippen LogP contribution is -2.24. The number of carboxylic acids is 1. The first-order chi connectivity index (χ1) is 9.08. The predicted octanol–water partition coefficient (Wildman–Crippen LogP) is 1.75. The fraction of sp³-hybridized carbons (Fsp3) is 0.308. The second-order valence-electron chi connectivity index (χ2n) is 3.70. The minimum atomic E-state index is -1.01. The Bertz CT molecular complexity index is 486. The second kappa shape index (κ2) is 7.15. The number of aromatic carboxylic acids is 1. The van der Waals surface area contributed by atoms with Crippen molar-refractivity contribution < 1.29 is 19.4 Å². The molecule has 19 heavy (non-hydrogen) atoms. The molecule has 1 rings (SSSR count). The molecular weight excluding hydrogens is 248 g/mol. The van der Waals surface area contributed by atoms with Gasteiger partial charge in [-0.25, -0.2) is 9.59 Å². The Labute approximate surface area is 111 Å². The number of carboxylic acid groups (broad SMARTS) is 1. The summed E-state index contributed by atoms with van der Waals surface area (Å²) in [5.74, 6) is -1.01. The van der Waals surface area contributed by atoms with Crippen LogP contribution in [0.1, 0.15) is 28.7 Å². The van der Waals surface area contributed by atoms with E-state index in [1.54, 1.807) is 6.07 Å². The standard InChI is InChI=1S/C13H16N2O4/c1-3-7-19-13(18)14-8-9-5-6-10(12(16)17)11(4-2)15-9/h3,5-6H,1,4,7-8H2,2H3,(H,14,18)(H,16,17). The molecule has 2 N–H and O–H groups in total. The smallest absolute Gasteiger partial charge is 0.407 e. The highest BCUT2D eigenvalue weighted by molar-refractivity contribution is 5.88. The molecule has 1 aromatic heterocycles. The van der Waals surface area contributed by atoms with Crippen LogP contribution in [0.3, 0.4) is 0 Å². The van der Waals surface area contributed by atoms with E-state index in [-0.39, 0.29) is 18.7 Å².